The highest BCUT2D eigenvalue weighted by atomic mass is 16.4. The second-order valence-corrected chi connectivity index (χ2v) is 6.42. The number of carbonyl (C=O) groups is 1. The van der Waals surface area contributed by atoms with Crippen LogP contribution >= 0.6 is 0 Å². The quantitative estimate of drug-likeness (QED) is 0.886. The van der Waals surface area contributed by atoms with Crippen LogP contribution in [-0.2, 0) is 11.2 Å². The third-order valence-corrected chi connectivity index (χ3v) is 4.68. The van der Waals surface area contributed by atoms with Crippen LogP contribution in [0.5, 0.6) is 0 Å². The van der Waals surface area contributed by atoms with Gasteiger partial charge in [-0.1, -0.05) is 18.2 Å². The van der Waals surface area contributed by atoms with Crippen molar-refractivity contribution in [2.75, 3.05) is 0 Å². The molecule has 3 rings (SSSR count). The third kappa shape index (κ3) is 3.33. The van der Waals surface area contributed by atoms with Gasteiger partial charge in [-0.15, -0.1) is 0 Å². The molecule has 1 fully saturated rings. The molecule has 1 atom stereocenters. The molecule has 1 unspecified atom stereocenters. The van der Waals surface area contributed by atoms with Gasteiger partial charge in [0.2, 0.25) is 0 Å². The second-order valence-electron chi connectivity index (χ2n) is 6.42. The first kappa shape index (κ1) is 15.1. The lowest BCUT2D eigenvalue weighted by atomic mass is 9.85. The summed E-state index contributed by atoms with van der Waals surface area (Å²) in [7, 11) is 0. The molecule has 0 bridgehead atoms. The number of rotatable bonds is 5. The van der Waals surface area contributed by atoms with E-state index in [-0.39, 0.29) is 5.92 Å². The van der Waals surface area contributed by atoms with Crippen LogP contribution in [0.25, 0.3) is 11.0 Å². The van der Waals surface area contributed by atoms with Crippen LogP contribution in [0.2, 0.25) is 0 Å². The van der Waals surface area contributed by atoms with E-state index in [1.165, 1.54) is 10.9 Å². The van der Waals surface area contributed by atoms with Crippen molar-refractivity contribution in [3.63, 3.8) is 0 Å². The number of fused-ring (bicyclic) bond motifs is 1. The van der Waals surface area contributed by atoms with Gasteiger partial charge in [0.25, 0.3) is 0 Å². The third-order valence-electron chi connectivity index (χ3n) is 4.68. The molecule has 0 aliphatic heterocycles. The number of nitrogens with one attached hydrogen (secondary N) is 1. The molecule has 1 aromatic carbocycles. The predicted molar refractivity (Wildman–Crippen MR) is 85.9 cm³/mol. The topological polar surface area (TPSA) is 62.5 Å². The number of hydrogen-bond donors (Lipinski definition) is 2. The molecule has 4 heteroatoms. The Morgan fingerprint density at radius 2 is 2.05 bits per heavy atom. The van der Waals surface area contributed by atoms with Crippen molar-refractivity contribution in [2.45, 2.75) is 51.1 Å². The van der Waals surface area contributed by atoms with Gasteiger partial charge in [-0.25, -0.2) is 0 Å². The number of carboxylic acids is 1. The number of hydrogen-bond acceptors (Lipinski definition) is 3. The molecule has 0 saturated heterocycles. The maximum atomic E-state index is 11.0. The molecule has 2 aromatic rings. The fraction of sp³-hybridized carbons (Fsp3) is 0.500. The van der Waals surface area contributed by atoms with Crippen molar-refractivity contribution in [2.24, 2.45) is 5.92 Å². The molecule has 4 nitrogen and oxygen atoms in total. The van der Waals surface area contributed by atoms with Crippen molar-refractivity contribution in [1.29, 1.82) is 0 Å². The summed E-state index contributed by atoms with van der Waals surface area (Å²) >= 11 is 0. The Bertz CT molecular complexity index is 641. The van der Waals surface area contributed by atoms with Crippen LogP contribution in [0.3, 0.4) is 0 Å². The van der Waals surface area contributed by atoms with Gasteiger partial charge in [0, 0.05) is 17.5 Å². The van der Waals surface area contributed by atoms with E-state index in [4.69, 9.17) is 9.52 Å². The van der Waals surface area contributed by atoms with E-state index in [9.17, 15) is 4.79 Å². The molecule has 0 spiro atoms. The Balaban J connectivity index is 1.55. The molecule has 1 saturated carbocycles. The highest BCUT2D eigenvalue weighted by molar-refractivity contribution is 5.80. The van der Waals surface area contributed by atoms with Crippen LogP contribution in [0, 0.1) is 5.92 Å². The molecule has 118 valence electrons. The fourth-order valence-electron chi connectivity index (χ4n) is 3.49. The summed E-state index contributed by atoms with van der Waals surface area (Å²) in [6.07, 6.45) is 6.25. The fourth-order valence-corrected chi connectivity index (χ4v) is 3.49. The lowest BCUT2D eigenvalue weighted by molar-refractivity contribution is -0.142. The monoisotopic (exact) mass is 301 g/mol. The first-order valence-electron chi connectivity index (χ1n) is 8.07. The van der Waals surface area contributed by atoms with Crippen LogP contribution < -0.4 is 5.32 Å². The van der Waals surface area contributed by atoms with E-state index in [1.807, 2.05) is 24.5 Å². The largest absolute Gasteiger partial charge is 0.481 e. The number of aliphatic carboxylic acids is 1. The zero-order valence-electron chi connectivity index (χ0n) is 12.9. The summed E-state index contributed by atoms with van der Waals surface area (Å²) in [5.41, 5.74) is 2.17. The molecule has 1 aliphatic carbocycles. The molecular formula is C18H23NO3. The van der Waals surface area contributed by atoms with Gasteiger partial charge in [-0.05, 0) is 50.7 Å². The van der Waals surface area contributed by atoms with Crippen molar-refractivity contribution in [3.8, 4) is 0 Å². The summed E-state index contributed by atoms with van der Waals surface area (Å²) in [6.45, 7) is 2.19. The number of carboxylic acid groups (broad SMARTS) is 1. The molecule has 1 heterocycles. The summed E-state index contributed by atoms with van der Waals surface area (Å²) in [6, 6.07) is 8.89. The van der Waals surface area contributed by atoms with Crippen molar-refractivity contribution >= 4 is 16.9 Å². The smallest absolute Gasteiger partial charge is 0.306 e. The number of furan rings is 1. The van der Waals surface area contributed by atoms with E-state index in [2.05, 4.69) is 18.3 Å². The Morgan fingerprint density at radius 3 is 2.77 bits per heavy atom. The molecule has 1 aromatic heterocycles. The average molecular weight is 301 g/mol. The minimum Gasteiger partial charge on any atom is -0.481 e. The molecular weight excluding hydrogens is 278 g/mol. The Labute approximate surface area is 130 Å². The maximum Gasteiger partial charge on any atom is 0.306 e. The van der Waals surface area contributed by atoms with E-state index < -0.39 is 5.97 Å². The van der Waals surface area contributed by atoms with Gasteiger partial charge in [0.15, 0.2) is 0 Å². The van der Waals surface area contributed by atoms with Gasteiger partial charge in [-0.2, -0.15) is 0 Å². The lowest BCUT2D eigenvalue weighted by Gasteiger charge is -2.29. The highest BCUT2D eigenvalue weighted by Gasteiger charge is 2.26. The van der Waals surface area contributed by atoms with Gasteiger partial charge in [-0.3, -0.25) is 4.79 Å². The normalized spacial score (nSPS) is 23.5. The average Bonchev–Trinajstić information content (AvgIpc) is 2.91. The standard InChI is InChI=1S/C18H23NO3/c1-12(19-15-8-6-13(7-9-15)18(20)21)10-14-11-22-17-5-3-2-4-16(14)17/h2-5,11-13,15,19H,6-10H2,1H3,(H,20,21). The van der Waals surface area contributed by atoms with Crippen LogP contribution in [0.15, 0.2) is 34.9 Å². The number of para-hydroxylation sites is 1. The predicted octanol–water partition coefficient (Wildman–Crippen LogP) is 3.60. The summed E-state index contributed by atoms with van der Waals surface area (Å²) in [4.78, 5) is 11.0. The van der Waals surface area contributed by atoms with Gasteiger partial charge in [0.1, 0.15) is 5.58 Å². The Morgan fingerprint density at radius 1 is 1.32 bits per heavy atom. The van der Waals surface area contributed by atoms with Crippen LogP contribution in [0.4, 0.5) is 0 Å². The van der Waals surface area contributed by atoms with Gasteiger partial charge >= 0.3 is 5.97 Å². The minimum absolute atomic E-state index is 0.147. The zero-order valence-corrected chi connectivity index (χ0v) is 12.9. The highest BCUT2D eigenvalue weighted by Crippen LogP contribution is 2.26. The van der Waals surface area contributed by atoms with Crippen molar-refractivity contribution in [1.82, 2.24) is 5.32 Å². The molecule has 22 heavy (non-hydrogen) atoms. The van der Waals surface area contributed by atoms with Crippen LogP contribution in [0.1, 0.15) is 38.2 Å². The first-order chi connectivity index (χ1) is 10.6. The first-order valence-corrected chi connectivity index (χ1v) is 8.07. The second kappa shape index (κ2) is 6.53. The molecule has 0 radical (unpaired) electrons. The minimum atomic E-state index is -0.642. The van der Waals surface area contributed by atoms with Crippen molar-refractivity contribution in [3.05, 3.63) is 36.1 Å². The van der Waals surface area contributed by atoms with E-state index >= 15 is 0 Å². The Hall–Kier alpha value is -1.81. The van der Waals surface area contributed by atoms with Gasteiger partial charge < -0.3 is 14.8 Å². The summed E-state index contributed by atoms with van der Waals surface area (Å²) in [5, 5.41) is 13.9. The zero-order chi connectivity index (χ0) is 15.5. The molecule has 2 N–H and O–H groups in total. The van der Waals surface area contributed by atoms with Crippen LogP contribution in [-0.4, -0.2) is 23.2 Å². The van der Waals surface area contributed by atoms with Gasteiger partial charge in [0.05, 0.1) is 12.2 Å². The lowest BCUT2D eigenvalue weighted by Crippen LogP contribution is -2.40. The van der Waals surface area contributed by atoms with E-state index in [0.29, 0.717) is 12.1 Å². The van der Waals surface area contributed by atoms with E-state index in [1.54, 1.807) is 0 Å². The molecule has 1 aliphatic rings. The van der Waals surface area contributed by atoms with E-state index in [0.717, 1.165) is 37.7 Å². The summed E-state index contributed by atoms with van der Waals surface area (Å²) < 4.78 is 5.59. The Kier molecular flexibility index (Phi) is 4.48. The van der Waals surface area contributed by atoms with Crippen molar-refractivity contribution < 1.29 is 14.3 Å². The molecule has 0 amide bonds. The summed E-state index contributed by atoms with van der Waals surface area (Å²) in [5.74, 6) is -0.789. The number of benzene rings is 1. The maximum absolute atomic E-state index is 11.0. The SMILES string of the molecule is CC(Cc1coc2ccccc12)NC1CCC(C(=O)O)CC1.